The van der Waals surface area contributed by atoms with E-state index in [0.29, 0.717) is 12.1 Å². The number of alkyl halides is 3. The van der Waals surface area contributed by atoms with E-state index in [9.17, 15) is 13.2 Å². The molecule has 0 saturated carbocycles. The second-order valence-electron chi connectivity index (χ2n) is 2.62. The first-order chi connectivity index (χ1) is 5.54. The van der Waals surface area contributed by atoms with Crippen molar-refractivity contribution in [2.75, 3.05) is 7.05 Å². The van der Waals surface area contributed by atoms with Crippen LogP contribution in [0.5, 0.6) is 0 Å². The van der Waals surface area contributed by atoms with Crippen LogP contribution < -0.4 is 5.32 Å². The number of rotatable bonds is 1. The van der Waals surface area contributed by atoms with E-state index < -0.39 is 11.7 Å². The molecule has 0 aromatic rings. The summed E-state index contributed by atoms with van der Waals surface area (Å²) in [5.74, 6) is 0. The van der Waals surface area contributed by atoms with Crippen LogP contribution in [0.2, 0.25) is 0 Å². The number of hydrogen-bond acceptors (Lipinski definition) is 1. The van der Waals surface area contributed by atoms with Gasteiger partial charge < -0.3 is 5.32 Å². The molecule has 0 unspecified atom stereocenters. The summed E-state index contributed by atoms with van der Waals surface area (Å²) < 4.78 is 36.4. The van der Waals surface area contributed by atoms with Crippen LogP contribution in [0.25, 0.3) is 0 Å². The van der Waals surface area contributed by atoms with Gasteiger partial charge in [0.05, 0.1) is 0 Å². The quantitative estimate of drug-likeness (QED) is 0.648. The summed E-state index contributed by atoms with van der Waals surface area (Å²) in [5.41, 5.74) is 0.0999. The molecule has 0 atom stereocenters. The molecule has 0 radical (unpaired) electrons. The number of halogens is 3. The molecule has 0 spiro atoms. The summed E-state index contributed by atoms with van der Waals surface area (Å²) in [6, 6.07) is 0. The Morgan fingerprint density at radius 3 is 2.58 bits per heavy atom. The molecule has 0 fully saturated rings. The fourth-order valence-corrected chi connectivity index (χ4v) is 1.10. The average Bonchev–Trinajstić information content (AvgIpc) is 2.03. The molecule has 0 saturated heterocycles. The van der Waals surface area contributed by atoms with Gasteiger partial charge in [0.15, 0.2) is 0 Å². The van der Waals surface area contributed by atoms with E-state index in [0.717, 1.165) is 6.08 Å². The monoisotopic (exact) mass is 177 g/mol. The fraction of sp³-hybridized carbons (Fsp3) is 0.500. The van der Waals surface area contributed by atoms with Gasteiger partial charge in [-0.1, -0.05) is 6.08 Å². The highest BCUT2D eigenvalue weighted by Gasteiger charge is 2.33. The number of likely N-dealkylation sites (N-methyl/N-ethyl adjacent to an activating group) is 1. The van der Waals surface area contributed by atoms with Crippen LogP contribution in [0.3, 0.4) is 0 Å². The number of allylic oxidation sites excluding steroid dienone is 3. The summed E-state index contributed by atoms with van der Waals surface area (Å²) in [6.45, 7) is 0. The lowest BCUT2D eigenvalue weighted by Gasteiger charge is -2.15. The van der Waals surface area contributed by atoms with Gasteiger partial charge >= 0.3 is 6.18 Å². The van der Waals surface area contributed by atoms with Crippen molar-refractivity contribution < 1.29 is 13.2 Å². The molecule has 0 aliphatic heterocycles. The van der Waals surface area contributed by atoms with Gasteiger partial charge in [0.2, 0.25) is 0 Å². The van der Waals surface area contributed by atoms with Gasteiger partial charge in [-0.25, -0.2) is 0 Å². The second-order valence-corrected chi connectivity index (χ2v) is 2.62. The second kappa shape index (κ2) is 3.21. The highest BCUT2D eigenvalue weighted by molar-refractivity contribution is 5.28. The maximum Gasteiger partial charge on any atom is 0.412 e. The van der Waals surface area contributed by atoms with Crippen molar-refractivity contribution in [1.82, 2.24) is 5.32 Å². The van der Waals surface area contributed by atoms with E-state index in [-0.39, 0.29) is 6.42 Å². The Bertz CT molecular complexity index is 225. The molecule has 68 valence electrons. The van der Waals surface area contributed by atoms with Crippen LogP contribution >= 0.6 is 0 Å². The molecule has 1 rings (SSSR count). The van der Waals surface area contributed by atoms with Crippen LogP contribution in [0.15, 0.2) is 23.4 Å². The lowest BCUT2D eigenvalue weighted by Crippen LogP contribution is -2.16. The van der Waals surface area contributed by atoms with E-state index >= 15 is 0 Å². The van der Waals surface area contributed by atoms with Crippen LogP contribution in [0.4, 0.5) is 13.2 Å². The van der Waals surface area contributed by atoms with Crippen LogP contribution in [-0.2, 0) is 0 Å². The molecule has 0 amide bonds. The molecule has 4 heteroatoms. The summed E-state index contributed by atoms with van der Waals surface area (Å²) in [6.07, 6.45) is -0.703. The van der Waals surface area contributed by atoms with Crippen molar-refractivity contribution in [2.45, 2.75) is 19.0 Å². The van der Waals surface area contributed by atoms with E-state index in [4.69, 9.17) is 0 Å². The van der Waals surface area contributed by atoms with Crippen molar-refractivity contribution in [1.29, 1.82) is 0 Å². The Kier molecular flexibility index (Phi) is 2.45. The summed E-state index contributed by atoms with van der Waals surface area (Å²) >= 11 is 0. The maximum absolute atomic E-state index is 12.1. The van der Waals surface area contributed by atoms with Gasteiger partial charge in [-0.05, 0) is 18.9 Å². The molecule has 0 aromatic carbocycles. The zero-order valence-corrected chi connectivity index (χ0v) is 6.70. The maximum atomic E-state index is 12.1. The molecule has 1 N–H and O–H groups in total. The van der Waals surface area contributed by atoms with Crippen LogP contribution in [0.1, 0.15) is 12.8 Å². The van der Waals surface area contributed by atoms with Crippen molar-refractivity contribution in [2.24, 2.45) is 0 Å². The number of hydrogen-bond donors (Lipinski definition) is 1. The minimum absolute atomic E-state index is 0.0919. The van der Waals surface area contributed by atoms with E-state index in [2.05, 4.69) is 5.32 Å². The lowest BCUT2D eigenvalue weighted by molar-refractivity contribution is -0.0941. The molecule has 12 heavy (non-hydrogen) atoms. The Morgan fingerprint density at radius 2 is 2.08 bits per heavy atom. The normalized spacial score (nSPS) is 18.3. The molecule has 1 aliphatic rings. The smallest absolute Gasteiger partial charge is 0.388 e. The zero-order valence-electron chi connectivity index (χ0n) is 6.70. The Labute approximate surface area is 69.0 Å². The van der Waals surface area contributed by atoms with E-state index in [1.807, 2.05) is 0 Å². The topological polar surface area (TPSA) is 12.0 Å². The minimum atomic E-state index is -4.17. The third-order valence-corrected chi connectivity index (χ3v) is 1.76. The molecule has 0 heterocycles. The first-order valence-corrected chi connectivity index (χ1v) is 3.69. The molecular weight excluding hydrogens is 167 g/mol. The lowest BCUT2D eigenvalue weighted by atomic mass is 10.0. The predicted molar refractivity (Wildman–Crippen MR) is 40.5 cm³/mol. The Hall–Kier alpha value is -0.930. The molecule has 1 aliphatic carbocycles. The fourth-order valence-electron chi connectivity index (χ4n) is 1.10. The third kappa shape index (κ3) is 2.03. The molecule has 0 aromatic heterocycles. The summed E-state index contributed by atoms with van der Waals surface area (Å²) in [7, 11) is 1.61. The van der Waals surface area contributed by atoms with Gasteiger partial charge in [-0.15, -0.1) is 0 Å². The zero-order chi connectivity index (χ0) is 9.19. The van der Waals surface area contributed by atoms with Crippen molar-refractivity contribution >= 4 is 0 Å². The SMILES string of the molecule is CNC1=CCCC(C(F)(F)F)=C1. The highest BCUT2D eigenvalue weighted by Crippen LogP contribution is 2.31. The van der Waals surface area contributed by atoms with Crippen LogP contribution in [-0.4, -0.2) is 13.2 Å². The van der Waals surface area contributed by atoms with Crippen molar-refractivity contribution in [3.05, 3.63) is 23.4 Å². The molecule has 1 nitrogen and oxygen atoms in total. The Morgan fingerprint density at radius 1 is 1.42 bits per heavy atom. The largest absolute Gasteiger partial charge is 0.412 e. The Balaban J connectivity index is 2.80. The van der Waals surface area contributed by atoms with Gasteiger partial charge in [-0.2, -0.15) is 13.2 Å². The number of nitrogens with one attached hydrogen (secondary N) is 1. The van der Waals surface area contributed by atoms with Crippen molar-refractivity contribution in [3.63, 3.8) is 0 Å². The molecule has 0 bridgehead atoms. The first kappa shape index (κ1) is 9.16. The van der Waals surface area contributed by atoms with E-state index in [1.54, 1.807) is 13.1 Å². The highest BCUT2D eigenvalue weighted by atomic mass is 19.4. The van der Waals surface area contributed by atoms with Gasteiger partial charge in [0.25, 0.3) is 0 Å². The molecular formula is C8H10F3N. The van der Waals surface area contributed by atoms with Gasteiger partial charge in [0.1, 0.15) is 0 Å². The summed E-state index contributed by atoms with van der Waals surface area (Å²) in [4.78, 5) is 0. The van der Waals surface area contributed by atoms with Crippen LogP contribution in [0, 0.1) is 0 Å². The minimum Gasteiger partial charge on any atom is -0.388 e. The summed E-state index contributed by atoms with van der Waals surface area (Å²) in [5, 5.41) is 2.69. The standard InChI is InChI=1S/C8H10F3N/c1-12-7-4-2-3-6(5-7)8(9,10)11/h4-5,12H,2-3H2,1H3. The predicted octanol–water partition coefficient (Wildman–Crippen LogP) is 2.37. The van der Waals surface area contributed by atoms with Crippen molar-refractivity contribution in [3.8, 4) is 0 Å². The third-order valence-electron chi connectivity index (χ3n) is 1.76. The van der Waals surface area contributed by atoms with Gasteiger partial charge in [-0.3, -0.25) is 0 Å². The first-order valence-electron chi connectivity index (χ1n) is 3.69. The average molecular weight is 177 g/mol. The van der Waals surface area contributed by atoms with E-state index in [1.165, 1.54) is 0 Å². The van der Waals surface area contributed by atoms with Gasteiger partial charge in [0, 0.05) is 18.3 Å².